The fourth-order valence-corrected chi connectivity index (χ4v) is 1.70. The quantitative estimate of drug-likeness (QED) is 0.694. The van der Waals surface area contributed by atoms with Gasteiger partial charge in [-0.15, -0.1) is 0 Å². The fraction of sp³-hybridized carbons (Fsp3) is 0.300. The molecule has 0 aliphatic carbocycles. The van der Waals surface area contributed by atoms with Crippen molar-refractivity contribution in [3.63, 3.8) is 0 Å². The molecule has 14 heavy (non-hydrogen) atoms. The summed E-state index contributed by atoms with van der Waals surface area (Å²) in [6.45, 7) is 0.123. The highest BCUT2D eigenvalue weighted by atomic mass is 16.5. The highest BCUT2D eigenvalue weighted by Crippen LogP contribution is 2.36. The van der Waals surface area contributed by atoms with E-state index in [4.69, 9.17) is 10.5 Å². The van der Waals surface area contributed by atoms with E-state index in [0.29, 0.717) is 12.2 Å². The molecule has 2 N–H and O–H groups in total. The summed E-state index contributed by atoms with van der Waals surface area (Å²) >= 11 is 0. The van der Waals surface area contributed by atoms with Crippen LogP contribution in [0, 0.1) is 0 Å². The molecule has 0 saturated carbocycles. The molecule has 4 heteroatoms. The average Bonchev–Trinajstić information content (AvgIpc) is 2.45. The zero-order valence-corrected chi connectivity index (χ0v) is 7.99. The van der Waals surface area contributed by atoms with E-state index >= 15 is 0 Å². The van der Waals surface area contributed by atoms with Crippen LogP contribution in [-0.4, -0.2) is 19.7 Å². The van der Waals surface area contributed by atoms with Crippen LogP contribution in [0.3, 0.4) is 0 Å². The zero-order chi connectivity index (χ0) is 10.1. The summed E-state index contributed by atoms with van der Waals surface area (Å²) in [5.41, 5.74) is 7.16. The van der Waals surface area contributed by atoms with Gasteiger partial charge in [0.05, 0.1) is 12.1 Å². The Kier molecular flexibility index (Phi) is 2.13. The fourth-order valence-electron chi connectivity index (χ4n) is 1.70. The minimum absolute atomic E-state index is 0.0908. The molecule has 0 atom stereocenters. The second kappa shape index (κ2) is 3.31. The Balaban J connectivity index is 2.47. The summed E-state index contributed by atoms with van der Waals surface area (Å²) < 4.78 is 5.25. The maximum atomic E-state index is 11.4. The van der Waals surface area contributed by atoms with E-state index in [1.165, 1.54) is 0 Å². The number of rotatable bonds is 2. The SMILES string of the molecule is CN1C(=O)Cc2cccc(OCN)c21. The van der Waals surface area contributed by atoms with E-state index in [1.807, 2.05) is 18.2 Å². The average molecular weight is 192 g/mol. The van der Waals surface area contributed by atoms with Crippen molar-refractivity contribution in [3.05, 3.63) is 23.8 Å². The van der Waals surface area contributed by atoms with Crippen molar-refractivity contribution in [2.75, 3.05) is 18.7 Å². The van der Waals surface area contributed by atoms with Crippen molar-refractivity contribution in [3.8, 4) is 5.75 Å². The van der Waals surface area contributed by atoms with Crippen molar-refractivity contribution in [2.24, 2.45) is 5.73 Å². The van der Waals surface area contributed by atoms with Crippen molar-refractivity contribution < 1.29 is 9.53 Å². The van der Waals surface area contributed by atoms with E-state index in [0.717, 1.165) is 11.3 Å². The van der Waals surface area contributed by atoms with E-state index < -0.39 is 0 Å². The Morgan fingerprint density at radius 1 is 1.57 bits per heavy atom. The number of amides is 1. The summed E-state index contributed by atoms with van der Waals surface area (Å²) in [4.78, 5) is 13.0. The molecule has 1 aromatic rings. The molecular formula is C10H12N2O2. The van der Waals surface area contributed by atoms with Crippen molar-refractivity contribution in [1.82, 2.24) is 0 Å². The van der Waals surface area contributed by atoms with Gasteiger partial charge in [-0.25, -0.2) is 0 Å². The maximum Gasteiger partial charge on any atom is 0.231 e. The first-order valence-electron chi connectivity index (χ1n) is 4.45. The number of carbonyl (C=O) groups excluding carboxylic acids is 1. The zero-order valence-electron chi connectivity index (χ0n) is 7.99. The van der Waals surface area contributed by atoms with Crippen LogP contribution in [0.4, 0.5) is 5.69 Å². The summed E-state index contributed by atoms with van der Waals surface area (Å²) in [6.07, 6.45) is 0.452. The summed E-state index contributed by atoms with van der Waals surface area (Å²) in [7, 11) is 1.75. The summed E-state index contributed by atoms with van der Waals surface area (Å²) in [5.74, 6) is 0.770. The van der Waals surface area contributed by atoms with Gasteiger partial charge in [0.2, 0.25) is 5.91 Å². The molecule has 1 aromatic carbocycles. The van der Waals surface area contributed by atoms with Gasteiger partial charge in [0.15, 0.2) is 0 Å². The van der Waals surface area contributed by atoms with Crippen molar-refractivity contribution >= 4 is 11.6 Å². The molecule has 1 aliphatic rings. The van der Waals surface area contributed by atoms with Gasteiger partial charge in [-0.05, 0) is 11.6 Å². The van der Waals surface area contributed by atoms with Crippen LogP contribution in [-0.2, 0) is 11.2 Å². The Morgan fingerprint density at radius 2 is 2.36 bits per heavy atom. The molecule has 0 unspecified atom stereocenters. The van der Waals surface area contributed by atoms with Crippen LogP contribution < -0.4 is 15.4 Å². The largest absolute Gasteiger partial charge is 0.476 e. The molecule has 4 nitrogen and oxygen atoms in total. The van der Waals surface area contributed by atoms with E-state index in [1.54, 1.807) is 11.9 Å². The van der Waals surface area contributed by atoms with Gasteiger partial charge in [-0.1, -0.05) is 12.1 Å². The molecule has 0 radical (unpaired) electrons. The Hall–Kier alpha value is -1.55. The molecule has 2 rings (SSSR count). The summed E-state index contributed by atoms with van der Waals surface area (Å²) in [5, 5.41) is 0. The molecule has 0 aromatic heterocycles. The number of nitrogens with two attached hydrogens (primary N) is 1. The molecule has 0 spiro atoms. The molecule has 74 valence electrons. The van der Waals surface area contributed by atoms with Crippen LogP contribution in [0.5, 0.6) is 5.75 Å². The van der Waals surface area contributed by atoms with Crippen LogP contribution in [0.2, 0.25) is 0 Å². The van der Waals surface area contributed by atoms with Gasteiger partial charge in [-0.2, -0.15) is 0 Å². The van der Waals surface area contributed by atoms with Crippen LogP contribution in [0.15, 0.2) is 18.2 Å². The molecule has 0 saturated heterocycles. The highest BCUT2D eigenvalue weighted by Gasteiger charge is 2.26. The van der Waals surface area contributed by atoms with Gasteiger partial charge in [0, 0.05) is 7.05 Å². The number of para-hydroxylation sites is 1. The lowest BCUT2D eigenvalue weighted by Gasteiger charge is -2.14. The number of likely N-dealkylation sites (N-methyl/N-ethyl adjacent to an activating group) is 1. The van der Waals surface area contributed by atoms with Crippen LogP contribution in [0.1, 0.15) is 5.56 Å². The van der Waals surface area contributed by atoms with Gasteiger partial charge in [-0.3, -0.25) is 10.5 Å². The standard InChI is InChI=1S/C10H12N2O2/c1-12-9(13)5-7-3-2-4-8(10(7)12)14-6-11/h2-4H,5-6,11H2,1H3. The monoisotopic (exact) mass is 192 g/mol. The second-order valence-corrected chi connectivity index (χ2v) is 3.20. The third-order valence-electron chi connectivity index (χ3n) is 2.37. The number of anilines is 1. The molecular weight excluding hydrogens is 180 g/mol. The third-order valence-corrected chi connectivity index (χ3v) is 2.37. The van der Waals surface area contributed by atoms with E-state index in [-0.39, 0.29) is 12.6 Å². The lowest BCUT2D eigenvalue weighted by Crippen LogP contribution is -2.21. The molecule has 1 amide bonds. The lowest BCUT2D eigenvalue weighted by atomic mass is 10.1. The van der Waals surface area contributed by atoms with E-state index in [2.05, 4.69) is 0 Å². The Labute approximate surface area is 82.3 Å². The number of benzene rings is 1. The van der Waals surface area contributed by atoms with E-state index in [9.17, 15) is 4.79 Å². The number of hydrogen-bond donors (Lipinski definition) is 1. The first-order chi connectivity index (χ1) is 6.74. The normalized spacial score (nSPS) is 14.4. The molecule has 1 heterocycles. The number of hydrogen-bond acceptors (Lipinski definition) is 3. The molecule has 0 fully saturated rings. The molecule has 1 aliphatic heterocycles. The lowest BCUT2D eigenvalue weighted by molar-refractivity contribution is -0.117. The van der Waals surface area contributed by atoms with Crippen molar-refractivity contribution in [2.45, 2.75) is 6.42 Å². The number of nitrogens with zero attached hydrogens (tertiary/aromatic N) is 1. The van der Waals surface area contributed by atoms with Gasteiger partial charge >= 0.3 is 0 Å². The Morgan fingerprint density at radius 3 is 3.07 bits per heavy atom. The van der Waals surface area contributed by atoms with Crippen LogP contribution in [0.25, 0.3) is 0 Å². The maximum absolute atomic E-state index is 11.4. The number of ether oxygens (including phenoxy) is 1. The predicted molar refractivity (Wildman–Crippen MR) is 53.2 cm³/mol. The minimum Gasteiger partial charge on any atom is -0.476 e. The molecule has 0 bridgehead atoms. The van der Waals surface area contributed by atoms with Gasteiger partial charge < -0.3 is 9.64 Å². The first-order valence-corrected chi connectivity index (χ1v) is 4.45. The predicted octanol–water partition coefficient (Wildman–Crippen LogP) is 0.500. The van der Waals surface area contributed by atoms with Gasteiger partial charge in [0.1, 0.15) is 12.5 Å². The van der Waals surface area contributed by atoms with Crippen LogP contribution >= 0.6 is 0 Å². The number of fused-ring (bicyclic) bond motifs is 1. The first kappa shape index (κ1) is 9.02. The topological polar surface area (TPSA) is 55.6 Å². The third kappa shape index (κ3) is 1.24. The highest BCUT2D eigenvalue weighted by molar-refractivity contribution is 6.02. The minimum atomic E-state index is 0.0908. The second-order valence-electron chi connectivity index (χ2n) is 3.20. The van der Waals surface area contributed by atoms with Crippen molar-refractivity contribution in [1.29, 1.82) is 0 Å². The Bertz CT molecular complexity index is 376. The smallest absolute Gasteiger partial charge is 0.231 e. The van der Waals surface area contributed by atoms with Gasteiger partial charge in [0.25, 0.3) is 0 Å². The number of carbonyl (C=O) groups is 1. The summed E-state index contributed by atoms with van der Waals surface area (Å²) in [6, 6.07) is 5.62.